The minimum atomic E-state index is -0.937. The predicted octanol–water partition coefficient (Wildman–Crippen LogP) is 4.00. The fourth-order valence-electron chi connectivity index (χ4n) is 4.95. The number of esters is 2. The van der Waals surface area contributed by atoms with E-state index in [9.17, 15) is 18.8 Å². The number of benzene rings is 1. The van der Waals surface area contributed by atoms with Crippen LogP contribution in [0.1, 0.15) is 62.0 Å². The van der Waals surface area contributed by atoms with Crippen LogP contribution in [0.3, 0.4) is 0 Å². The topological polar surface area (TPSA) is 122 Å². The fraction of sp³-hybridized carbons (Fsp3) is 0.533. The lowest BCUT2D eigenvalue weighted by molar-refractivity contribution is -0.161. The summed E-state index contributed by atoms with van der Waals surface area (Å²) in [5.41, 5.74) is 0.849. The average Bonchev–Trinajstić information content (AvgIpc) is 3.77. The molecule has 2 fully saturated rings. The molecule has 1 saturated heterocycles. The molecule has 2 heterocycles. The summed E-state index contributed by atoms with van der Waals surface area (Å²) in [6.45, 7) is 3.19. The molecule has 4 rings (SSSR count). The van der Waals surface area contributed by atoms with Crippen LogP contribution in [-0.2, 0) is 30.2 Å². The fourth-order valence-corrected chi connectivity index (χ4v) is 4.95. The Morgan fingerprint density at radius 2 is 1.88 bits per heavy atom. The van der Waals surface area contributed by atoms with Crippen molar-refractivity contribution in [1.29, 1.82) is 0 Å². The van der Waals surface area contributed by atoms with E-state index in [1.54, 1.807) is 12.1 Å². The first-order chi connectivity index (χ1) is 19.7. The molecule has 0 spiro atoms. The van der Waals surface area contributed by atoms with Crippen LogP contribution in [0.25, 0.3) is 0 Å². The third-order valence-electron chi connectivity index (χ3n) is 7.29. The molecule has 1 aliphatic heterocycles. The Morgan fingerprint density at radius 3 is 2.56 bits per heavy atom. The molecule has 1 aliphatic carbocycles. The minimum Gasteiger partial charge on any atom is -0.493 e. The number of methoxy groups -OCH3 is 1. The van der Waals surface area contributed by atoms with Gasteiger partial charge in [0.15, 0.2) is 17.2 Å². The van der Waals surface area contributed by atoms with Gasteiger partial charge in [0.1, 0.15) is 18.0 Å². The summed E-state index contributed by atoms with van der Waals surface area (Å²) in [5.74, 6) is -1.35. The second-order valence-corrected chi connectivity index (χ2v) is 10.5. The highest BCUT2D eigenvalue weighted by molar-refractivity contribution is 5.98. The second kappa shape index (κ2) is 14.2. The lowest BCUT2D eigenvalue weighted by Crippen LogP contribution is -2.45. The molecule has 1 N–H and O–H groups in total. The standard InChI is InChI=1S/C30H37FN2O8/c1-18-27(38-16-21-7-8-21)22(15-20-9-11-23(31)12-10-20)5-4-6-24(30(36)41-18)33-29(35)26-28(40-17-39-19(2)34)25(37-3)13-14-32-26/h9-14,18,21-22,24,27H,4-8,15-17H2,1-3H3,(H,33,35). The summed E-state index contributed by atoms with van der Waals surface area (Å²) in [7, 11) is 1.40. The summed E-state index contributed by atoms with van der Waals surface area (Å²) >= 11 is 0. The lowest BCUT2D eigenvalue weighted by atomic mass is 9.86. The van der Waals surface area contributed by atoms with E-state index in [4.69, 9.17) is 23.7 Å². The molecule has 1 saturated carbocycles. The van der Waals surface area contributed by atoms with Crippen molar-refractivity contribution in [3.05, 3.63) is 53.6 Å². The molecule has 2 aliphatic rings. The maximum absolute atomic E-state index is 13.5. The van der Waals surface area contributed by atoms with Crippen molar-refractivity contribution in [1.82, 2.24) is 10.3 Å². The van der Waals surface area contributed by atoms with Crippen LogP contribution in [0.2, 0.25) is 0 Å². The smallest absolute Gasteiger partial charge is 0.329 e. The molecule has 11 heteroatoms. The summed E-state index contributed by atoms with van der Waals surface area (Å²) in [6.07, 6.45) is 5.02. The first-order valence-corrected chi connectivity index (χ1v) is 13.9. The van der Waals surface area contributed by atoms with Crippen molar-refractivity contribution >= 4 is 17.8 Å². The van der Waals surface area contributed by atoms with Crippen molar-refractivity contribution in [3.63, 3.8) is 0 Å². The number of hydrogen-bond acceptors (Lipinski definition) is 9. The molecule has 0 bridgehead atoms. The Balaban J connectivity index is 1.49. The number of cyclic esters (lactones) is 1. The van der Waals surface area contributed by atoms with Gasteiger partial charge >= 0.3 is 11.9 Å². The first-order valence-electron chi connectivity index (χ1n) is 13.9. The van der Waals surface area contributed by atoms with Gasteiger partial charge in [0, 0.05) is 25.8 Å². The highest BCUT2D eigenvalue weighted by atomic mass is 19.1. The molecule has 1 amide bonds. The summed E-state index contributed by atoms with van der Waals surface area (Å²) in [4.78, 5) is 41.9. The van der Waals surface area contributed by atoms with Gasteiger partial charge in [-0.2, -0.15) is 0 Å². The zero-order chi connectivity index (χ0) is 29.4. The number of amides is 1. The third kappa shape index (κ3) is 8.63. The van der Waals surface area contributed by atoms with Crippen LogP contribution >= 0.6 is 0 Å². The molecule has 0 radical (unpaired) electrons. The Bertz CT molecular complexity index is 1200. The van der Waals surface area contributed by atoms with E-state index in [1.807, 2.05) is 6.92 Å². The van der Waals surface area contributed by atoms with E-state index < -0.39 is 36.8 Å². The van der Waals surface area contributed by atoms with Gasteiger partial charge in [-0.3, -0.25) is 9.59 Å². The van der Waals surface area contributed by atoms with Crippen molar-refractivity contribution in [2.75, 3.05) is 20.5 Å². The van der Waals surface area contributed by atoms with E-state index in [0.717, 1.165) is 18.4 Å². The number of nitrogens with one attached hydrogen (secondary N) is 1. The number of rotatable bonds is 11. The Labute approximate surface area is 238 Å². The van der Waals surface area contributed by atoms with E-state index in [2.05, 4.69) is 10.3 Å². The van der Waals surface area contributed by atoms with Crippen molar-refractivity contribution in [2.24, 2.45) is 11.8 Å². The molecule has 41 heavy (non-hydrogen) atoms. The van der Waals surface area contributed by atoms with Gasteiger partial charge in [-0.05, 0) is 68.6 Å². The summed E-state index contributed by atoms with van der Waals surface area (Å²) in [6, 6.07) is 6.97. The van der Waals surface area contributed by atoms with E-state index in [1.165, 1.54) is 38.4 Å². The van der Waals surface area contributed by atoms with Gasteiger partial charge in [0.25, 0.3) is 5.91 Å². The van der Waals surface area contributed by atoms with Crippen molar-refractivity contribution in [3.8, 4) is 11.5 Å². The maximum Gasteiger partial charge on any atom is 0.329 e. The second-order valence-electron chi connectivity index (χ2n) is 10.5. The minimum absolute atomic E-state index is 0.0218. The molecule has 1 aromatic heterocycles. The van der Waals surface area contributed by atoms with Crippen molar-refractivity contribution in [2.45, 2.75) is 70.6 Å². The molecular formula is C30H37FN2O8. The summed E-state index contributed by atoms with van der Waals surface area (Å²) < 4.78 is 41.3. The van der Waals surface area contributed by atoms with Gasteiger partial charge in [-0.15, -0.1) is 0 Å². The molecule has 4 atom stereocenters. The molecule has 2 aromatic rings. The van der Waals surface area contributed by atoms with Crippen molar-refractivity contribution < 1.29 is 42.5 Å². The van der Waals surface area contributed by atoms with E-state index >= 15 is 0 Å². The molecule has 4 unspecified atom stereocenters. The lowest BCUT2D eigenvalue weighted by Gasteiger charge is -2.31. The number of halogens is 1. The van der Waals surface area contributed by atoms with E-state index in [0.29, 0.717) is 38.2 Å². The number of carbonyl (C=O) groups excluding carboxylic acids is 3. The molecular weight excluding hydrogens is 535 g/mol. The highest BCUT2D eigenvalue weighted by Crippen LogP contribution is 2.33. The Hall–Kier alpha value is -3.73. The summed E-state index contributed by atoms with van der Waals surface area (Å²) in [5, 5.41) is 2.74. The Kier molecular flexibility index (Phi) is 10.5. The van der Waals surface area contributed by atoms with Crippen LogP contribution in [0, 0.1) is 17.7 Å². The van der Waals surface area contributed by atoms with E-state index in [-0.39, 0.29) is 35.0 Å². The number of pyridine rings is 1. The van der Waals surface area contributed by atoms with Crippen LogP contribution in [0.5, 0.6) is 11.5 Å². The number of ether oxygens (including phenoxy) is 5. The van der Waals surface area contributed by atoms with Gasteiger partial charge in [-0.1, -0.05) is 18.6 Å². The monoisotopic (exact) mass is 572 g/mol. The van der Waals surface area contributed by atoms with Gasteiger partial charge < -0.3 is 29.0 Å². The zero-order valence-electron chi connectivity index (χ0n) is 23.6. The number of carbonyl (C=O) groups is 3. The Morgan fingerprint density at radius 1 is 1.12 bits per heavy atom. The highest BCUT2D eigenvalue weighted by Gasteiger charge is 2.36. The van der Waals surface area contributed by atoms with Gasteiger partial charge in [0.05, 0.1) is 13.2 Å². The third-order valence-corrected chi connectivity index (χ3v) is 7.29. The average molecular weight is 573 g/mol. The van der Waals surface area contributed by atoms with Crippen LogP contribution in [0.4, 0.5) is 4.39 Å². The van der Waals surface area contributed by atoms with Crippen LogP contribution in [0.15, 0.2) is 36.5 Å². The number of nitrogens with zero attached hydrogens (tertiary/aromatic N) is 1. The zero-order valence-corrected chi connectivity index (χ0v) is 23.6. The predicted molar refractivity (Wildman–Crippen MR) is 145 cm³/mol. The number of aromatic nitrogens is 1. The number of hydrogen-bond donors (Lipinski definition) is 1. The van der Waals surface area contributed by atoms with Gasteiger partial charge in [0.2, 0.25) is 6.79 Å². The quantitative estimate of drug-likeness (QED) is 0.315. The van der Waals surface area contributed by atoms with Crippen LogP contribution < -0.4 is 14.8 Å². The SMILES string of the molecule is COc1ccnc(C(=O)NC2CCCC(Cc3ccc(F)cc3)C(OCC3CC3)C(C)OC2=O)c1OCOC(C)=O. The molecule has 1 aromatic carbocycles. The molecule has 222 valence electrons. The normalized spacial score (nSPS) is 22.9. The molecule has 10 nitrogen and oxygen atoms in total. The first kappa shape index (κ1) is 30.2. The van der Waals surface area contributed by atoms with Gasteiger partial charge in [-0.25, -0.2) is 14.2 Å². The van der Waals surface area contributed by atoms with Crippen LogP contribution in [-0.4, -0.2) is 61.6 Å². The largest absolute Gasteiger partial charge is 0.493 e. The maximum atomic E-state index is 13.5.